The maximum Gasteiger partial charge on any atom is 0.227 e. The van der Waals surface area contributed by atoms with Crippen molar-refractivity contribution in [3.05, 3.63) is 24.3 Å². The number of hydrogen-bond acceptors (Lipinski definition) is 2. The van der Waals surface area contributed by atoms with Gasteiger partial charge in [0, 0.05) is 24.2 Å². The summed E-state index contributed by atoms with van der Waals surface area (Å²) in [5.41, 5.74) is 1.50. The molecule has 0 radical (unpaired) electrons. The van der Waals surface area contributed by atoms with Crippen LogP contribution in [0.3, 0.4) is 0 Å². The Hall–Kier alpha value is -1.84. The number of benzene rings is 1. The molecule has 84 valence electrons. The molecule has 1 aliphatic rings. The van der Waals surface area contributed by atoms with Crippen molar-refractivity contribution in [2.24, 2.45) is 5.92 Å². The van der Waals surface area contributed by atoms with Crippen molar-refractivity contribution in [1.82, 2.24) is 0 Å². The van der Waals surface area contributed by atoms with Gasteiger partial charge in [-0.05, 0) is 37.1 Å². The molecule has 0 unspecified atom stereocenters. The number of amides is 2. The van der Waals surface area contributed by atoms with Crippen LogP contribution in [0.1, 0.15) is 19.8 Å². The Bertz CT molecular complexity index is 408. The average Bonchev–Trinajstić information content (AvgIpc) is 3.03. The lowest BCUT2D eigenvalue weighted by atomic mass is 10.2. The van der Waals surface area contributed by atoms with Crippen LogP contribution in [0.2, 0.25) is 0 Å². The third-order valence-corrected chi connectivity index (χ3v) is 2.42. The highest BCUT2D eigenvalue weighted by molar-refractivity contribution is 5.94. The van der Waals surface area contributed by atoms with Crippen LogP contribution in [0.25, 0.3) is 0 Å². The first kappa shape index (κ1) is 10.7. The first-order chi connectivity index (χ1) is 7.65. The number of carbonyl (C=O) groups excluding carboxylic acids is 2. The second kappa shape index (κ2) is 4.35. The summed E-state index contributed by atoms with van der Waals surface area (Å²) < 4.78 is 0. The average molecular weight is 218 g/mol. The molecule has 16 heavy (non-hydrogen) atoms. The zero-order valence-electron chi connectivity index (χ0n) is 9.12. The Morgan fingerprint density at radius 2 is 1.56 bits per heavy atom. The molecule has 0 bridgehead atoms. The molecule has 4 heteroatoms. The molecule has 1 aromatic carbocycles. The topological polar surface area (TPSA) is 58.2 Å². The fourth-order valence-electron chi connectivity index (χ4n) is 1.43. The molecule has 0 saturated heterocycles. The molecule has 1 aromatic rings. The van der Waals surface area contributed by atoms with Crippen LogP contribution in [-0.2, 0) is 9.59 Å². The first-order valence-electron chi connectivity index (χ1n) is 5.33. The monoisotopic (exact) mass is 218 g/mol. The van der Waals surface area contributed by atoms with Gasteiger partial charge in [0.2, 0.25) is 11.8 Å². The minimum absolute atomic E-state index is 0.0901. The van der Waals surface area contributed by atoms with Crippen molar-refractivity contribution in [2.45, 2.75) is 19.8 Å². The van der Waals surface area contributed by atoms with Crippen LogP contribution in [0.5, 0.6) is 0 Å². The van der Waals surface area contributed by atoms with Gasteiger partial charge >= 0.3 is 0 Å². The summed E-state index contributed by atoms with van der Waals surface area (Å²) in [5.74, 6) is 0.192. The van der Waals surface area contributed by atoms with Crippen molar-refractivity contribution in [1.29, 1.82) is 0 Å². The van der Waals surface area contributed by atoms with Gasteiger partial charge in [0.25, 0.3) is 0 Å². The van der Waals surface area contributed by atoms with E-state index in [1.54, 1.807) is 24.3 Å². The highest BCUT2D eigenvalue weighted by Gasteiger charge is 2.29. The van der Waals surface area contributed by atoms with Crippen LogP contribution in [0.15, 0.2) is 24.3 Å². The highest BCUT2D eigenvalue weighted by atomic mass is 16.2. The Kier molecular flexibility index (Phi) is 2.90. The lowest BCUT2D eigenvalue weighted by Crippen LogP contribution is -2.13. The van der Waals surface area contributed by atoms with E-state index < -0.39 is 0 Å². The summed E-state index contributed by atoms with van der Waals surface area (Å²) in [5, 5.41) is 5.50. The molecule has 0 aromatic heterocycles. The van der Waals surface area contributed by atoms with E-state index in [2.05, 4.69) is 10.6 Å². The highest BCUT2D eigenvalue weighted by Crippen LogP contribution is 2.30. The van der Waals surface area contributed by atoms with Crippen LogP contribution < -0.4 is 10.6 Å². The molecule has 2 amide bonds. The Morgan fingerprint density at radius 3 is 2.00 bits per heavy atom. The van der Waals surface area contributed by atoms with E-state index in [0.717, 1.165) is 24.2 Å². The molecule has 0 aliphatic heterocycles. The van der Waals surface area contributed by atoms with Gasteiger partial charge < -0.3 is 10.6 Å². The van der Waals surface area contributed by atoms with Gasteiger partial charge in [-0.3, -0.25) is 9.59 Å². The summed E-state index contributed by atoms with van der Waals surface area (Å²) in [6.45, 7) is 1.46. The van der Waals surface area contributed by atoms with Gasteiger partial charge in [-0.2, -0.15) is 0 Å². The molecular weight excluding hydrogens is 204 g/mol. The number of carbonyl (C=O) groups is 2. The van der Waals surface area contributed by atoms with Gasteiger partial charge in [0.15, 0.2) is 0 Å². The predicted octanol–water partition coefficient (Wildman–Crippen LogP) is 1.99. The Balaban J connectivity index is 1.95. The maximum atomic E-state index is 11.5. The second-order valence-corrected chi connectivity index (χ2v) is 4.02. The number of nitrogens with one attached hydrogen (secondary N) is 2. The van der Waals surface area contributed by atoms with E-state index in [9.17, 15) is 9.59 Å². The molecule has 1 saturated carbocycles. The number of rotatable bonds is 3. The van der Waals surface area contributed by atoms with E-state index in [1.165, 1.54) is 6.92 Å². The molecule has 0 atom stereocenters. The number of hydrogen-bond donors (Lipinski definition) is 2. The SMILES string of the molecule is CC(=O)Nc1ccc(NC(=O)C2CC2)cc1. The maximum absolute atomic E-state index is 11.5. The molecule has 1 aliphatic carbocycles. The smallest absolute Gasteiger partial charge is 0.227 e. The van der Waals surface area contributed by atoms with Gasteiger partial charge in [0.1, 0.15) is 0 Å². The fraction of sp³-hybridized carbons (Fsp3) is 0.333. The molecule has 2 N–H and O–H groups in total. The quantitative estimate of drug-likeness (QED) is 0.815. The number of anilines is 2. The normalized spacial score (nSPS) is 14.3. The molecule has 2 rings (SSSR count). The fourth-order valence-corrected chi connectivity index (χ4v) is 1.43. The van der Waals surface area contributed by atoms with E-state index in [0.29, 0.717) is 0 Å². The van der Waals surface area contributed by atoms with E-state index in [-0.39, 0.29) is 17.7 Å². The Morgan fingerprint density at radius 1 is 1.06 bits per heavy atom. The van der Waals surface area contributed by atoms with Gasteiger partial charge in [-0.15, -0.1) is 0 Å². The minimum Gasteiger partial charge on any atom is -0.326 e. The predicted molar refractivity (Wildman–Crippen MR) is 62.1 cm³/mol. The Labute approximate surface area is 94.0 Å². The molecule has 0 spiro atoms. The van der Waals surface area contributed by atoms with E-state index in [4.69, 9.17) is 0 Å². The lowest BCUT2D eigenvalue weighted by molar-refractivity contribution is -0.117. The van der Waals surface area contributed by atoms with Crippen molar-refractivity contribution in [2.75, 3.05) is 10.6 Å². The molecule has 1 fully saturated rings. The zero-order chi connectivity index (χ0) is 11.5. The minimum atomic E-state index is -0.102. The molecule has 4 nitrogen and oxygen atoms in total. The third kappa shape index (κ3) is 2.82. The van der Waals surface area contributed by atoms with Crippen molar-refractivity contribution in [3.8, 4) is 0 Å². The van der Waals surface area contributed by atoms with Crippen molar-refractivity contribution >= 4 is 23.2 Å². The molecular formula is C12H14N2O2. The second-order valence-electron chi connectivity index (χ2n) is 4.02. The van der Waals surface area contributed by atoms with E-state index >= 15 is 0 Å². The summed E-state index contributed by atoms with van der Waals surface area (Å²) >= 11 is 0. The van der Waals surface area contributed by atoms with Gasteiger partial charge in [-0.1, -0.05) is 0 Å². The van der Waals surface area contributed by atoms with Gasteiger partial charge in [0.05, 0.1) is 0 Å². The van der Waals surface area contributed by atoms with Crippen LogP contribution in [0, 0.1) is 5.92 Å². The standard InChI is InChI=1S/C12H14N2O2/c1-8(15)13-10-4-6-11(7-5-10)14-12(16)9-2-3-9/h4-7,9H,2-3H2,1H3,(H,13,15)(H,14,16). The molecule has 0 heterocycles. The summed E-state index contributed by atoms with van der Waals surface area (Å²) in [6, 6.07) is 7.10. The van der Waals surface area contributed by atoms with Crippen molar-refractivity contribution < 1.29 is 9.59 Å². The van der Waals surface area contributed by atoms with Crippen LogP contribution >= 0.6 is 0 Å². The van der Waals surface area contributed by atoms with Crippen molar-refractivity contribution in [3.63, 3.8) is 0 Å². The van der Waals surface area contributed by atoms with Crippen LogP contribution in [0.4, 0.5) is 11.4 Å². The van der Waals surface area contributed by atoms with Crippen LogP contribution in [-0.4, -0.2) is 11.8 Å². The largest absolute Gasteiger partial charge is 0.326 e. The van der Waals surface area contributed by atoms with Gasteiger partial charge in [-0.25, -0.2) is 0 Å². The first-order valence-corrected chi connectivity index (χ1v) is 5.33. The summed E-state index contributed by atoms with van der Waals surface area (Å²) in [4.78, 5) is 22.2. The summed E-state index contributed by atoms with van der Waals surface area (Å²) in [7, 11) is 0. The lowest BCUT2D eigenvalue weighted by Gasteiger charge is -2.06. The zero-order valence-corrected chi connectivity index (χ0v) is 9.12. The van der Waals surface area contributed by atoms with E-state index in [1.807, 2.05) is 0 Å². The third-order valence-electron chi connectivity index (χ3n) is 2.42. The summed E-state index contributed by atoms with van der Waals surface area (Å²) in [6.07, 6.45) is 1.99.